The second-order valence-corrected chi connectivity index (χ2v) is 6.37. The number of hydrogen-bond acceptors (Lipinski definition) is 6. The molecule has 1 aliphatic carbocycles. The SMILES string of the molecule is COC(=O)C1(C(=O)OC)Cc2ccccc2/C1=C/C(=O)OCc1ccccc1. The van der Waals surface area contributed by atoms with Gasteiger partial charge in [0.15, 0.2) is 5.41 Å². The van der Waals surface area contributed by atoms with Crippen molar-refractivity contribution in [2.45, 2.75) is 13.0 Å². The fourth-order valence-corrected chi connectivity index (χ4v) is 3.43. The molecule has 0 aliphatic heterocycles. The fraction of sp³-hybridized carbons (Fsp3) is 0.227. The lowest BCUT2D eigenvalue weighted by Gasteiger charge is -2.25. The van der Waals surface area contributed by atoms with Crippen molar-refractivity contribution in [3.63, 3.8) is 0 Å². The summed E-state index contributed by atoms with van der Waals surface area (Å²) in [7, 11) is 2.39. The summed E-state index contributed by atoms with van der Waals surface area (Å²) >= 11 is 0. The molecule has 0 aromatic heterocycles. The minimum Gasteiger partial charge on any atom is -0.468 e. The molecule has 0 unspecified atom stereocenters. The van der Waals surface area contributed by atoms with Gasteiger partial charge in [0.2, 0.25) is 0 Å². The number of carbonyl (C=O) groups is 3. The highest BCUT2D eigenvalue weighted by Gasteiger charge is 2.56. The summed E-state index contributed by atoms with van der Waals surface area (Å²) < 4.78 is 15.1. The van der Waals surface area contributed by atoms with Crippen LogP contribution in [0.1, 0.15) is 16.7 Å². The van der Waals surface area contributed by atoms with Gasteiger partial charge in [-0.1, -0.05) is 54.6 Å². The van der Waals surface area contributed by atoms with Gasteiger partial charge in [-0.25, -0.2) is 4.79 Å². The van der Waals surface area contributed by atoms with Crippen LogP contribution in [0.25, 0.3) is 5.57 Å². The standard InChI is InChI=1S/C22H20O6/c1-26-20(24)22(21(25)27-2)13-16-10-6-7-11-17(16)18(22)12-19(23)28-14-15-8-4-3-5-9-15/h3-12H,13-14H2,1-2H3/b18-12-. The van der Waals surface area contributed by atoms with Crippen LogP contribution in [0.15, 0.2) is 60.7 Å². The van der Waals surface area contributed by atoms with Crippen molar-refractivity contribution < 1.29 is 28.6 Å². The molecule has 28 heavy (non-hydrogen) atoms. The molecule has 0 spiro atoms. The summed E-state index contributed by atoms with van der Waals surface area (Å²) in [5, 5.41) is 0. The lowest BCUT2D eigenvalue weighted by Crippen LogP contribution is -2.41. The number of rotatable bonds is 5. The molecule has 0 heterocycles. The third-order valence-electron chi connectivity index (χ3n) is 4.78. The van der Waals surface area contributed by atoms with E-state index in [1.54, 1.807) is 24.3 Å². The molecule has 0 radical (unpaired) electrons. The quantitative estimate of drug-likeness (QED) is 0.343. The number of carbonyl (C=O) groups excluding carboxylic acids is 3. The van der Waals surface area contributed by atoms with Gasteiger partial charge in [0.05, 0.1) is 14.2 Å². The molecule has 0 saturated carbocycles. The second kappa shape index (κ2) is 8.08. The molecular formula is C22H20O6. The van der Waals surface area contributed by atoms with Crippen molar-refractivity contribution in [2.24, 2.45) is 5.41 Å². The first kappa shape index (κ1) is 19.4. The molecule has 0 saturated heterocycles. The van der Waals surface area contributed by atoms with Crippen molar-refractivity contribution in [3.8, 4) is 0 Å². The Balaban J connectivity index is 1.99. The highest BCUT2D eigenvalue weighted by atomic mass is 16.5. The van der Waals surface area contributed by atoms with E-state index in [0.29, 0.717) is 5.56 Å². The maximum Gasteiger partial charge on any atom is 0.331 e. The molecule has 6 heteroatoms. The van der Waals surface area contributed by atoms with Crippen LogP contribution in [0.4, 0.5) is 0 Å². The van der Waals surface area contributed by atoms with E-state index in [-0.39, 0.29) is 18.6 Å². The van der Waals surface area contributed by atoms with Crippen LogP contribution in [0, 0.1) is 5.41 Å². The normalized spacial score (nSPS) is 15.6. The van der Waals surface area contributed by atoms with Gasteiger partial charge in [0, 0.05) is 12.5 Å². The summed E-state index contributed by atoms with van der Waals surface area (Å²) in [6.07, 6.45) is 1.24. The largest absolute Gasteiger partial charge is 0.468 e. The highest BCUT2D eigenvalue weighted by molar-refractivity contribution is 6.16. The predicted octanol–water partition coefficient (Wildman–Crippen LogP) is 2.70. The van der Waals surface area contributed by atoms with Crippen LogP contribution in [-0.2, 0) is 41.6 Å². The minimum atomic E-state index is -1.74. The number of fused-ring (bicyclic) bond motifs is 1. The van der Waals surface area contributed by atoms with Gasteiger partial charge < -0.3 is 14.2 Å². The molecule has 0 atom stereocenters. The van der Waals surface area contributed by atoms with E-state index in [0.717, 1.165) is 11.1 Å². The van der Waals surface area contributed by atoms with Gasteiger partial charge in [-0.2, -0.15) is 0 Å². The second-order valence-electron chi connectivity index (χ2n) is 6.37. The van der Waals surface area contributed by atoms with Gasteiger partial charge in [-0.15, -0.1) is 0 Å². The third-order valence-corrected chi connectivity index (χ3v) is 4.78. The van der Waals surface area contributed by atoms with Crippen molar-refractivity contribution in [2.75, 3.05) is 14.2 Å². The molecule has 6 nitrogen and oxygen atoms in total. The first-order valence-electron chi connectivity index (χ1n) is 8.71. The Morgan fingerprint density at radius 1 is 0.929 bits per heavy atom. The maximum atomic E-state index is 12.7. The monoisotopic (exact) mass is 380 g/mol. The first-order valence-corrected chi connectivity index (χ1v) is 8.71. The van der Waals surface area contributed by atoms with Gasteiger partial charge in [-0.3, -0.25) is 9.59 Å². The Morgan fingerprint density at radius 3 is 2.18 bits per heavy atom. The Labute approximate surface area is 162 Å². The van der Waals surface area contributed by atoms with Gasteiger partial charge >= 0.3 is 17.9 Å². The van der Waals surface area contributed by atoms with Crippen LogP contribution in [-0.4, -0.2) is 32.1 Å². The molecule has 1 aliphatic rings. The third kappa shape index (κ3) is 3.41. The van der Waals surface area contributed by atoms with Crippen LogP contribution in [0.3, 0.4) is 0 Å². The smallest absolute Gasteiger partial charge is 0.331 e. The van der Waals surface area contributed by atoms with E-state index < -0.39 is 23.3 Å². The molecule has 144 valence electrons. The van der Waals surface area contributed by atoms with E-state index in [4.69, 9.17) is 14.2 Å². The van der Waals surface area contributed by atoms with Crippen molar-refractivity contribution in [1.29, 1.82) is 0 Å². The summed E-state index contributed by atoms with van der Waals surface area (Å²) in [6.45, 7) is 0.0779. The predicted molar refractivity (Wildman–Crippen MR) is 101 cm³/mol. The molecule has 0 N–H and O–H groups in total. The number of ether oxygens (including phenoxy) is 3. The van der Waals surface area contributed by atoms with Crippen molar-refractivity contribution in [3.05, 3.63) is 77.4 Å². The molecule has 0 amide bonds. The summed E-state index contributed by atoms with van der Waals surface area (Å²) in [5.41, 5.74) is 0.683. The zero-order valence-corrected chi connectivity index (χ0v) is 15.6. The van der Waals surface area contributed by atoms with E-state index in [1.165, 1.54) is 20.3 Å². The van der Waals surface area contributed by atoms with Gasteiger partial charge in [-0.05, 0) is 22.3 Å². The molecule has 2 aromatic carbocycles. The van der Waals surface area contributed by atoms with Crippen LogP contribution in [0.2, 0.25) is 0 Å². The fourth-order valence-electron chi connectivity index (χ4n) is 3.43. The first-order chi connectivity index (χ1) is 13.5. The van der Waals surface area contributed by atoms with Gasteiger partial charge in [0.1, 0.15) is 6.61 Å². The van der Waals surface area contributed by atoms with Crippen molar-refractivity contribution in [1.82, 2.24) is 0 Å². The summed E-state index contributed by atoms with van der Waals surface area (Å²) in [4.78, 5) is 37.8. The Morgan fingerprint density at radius 2 is 1.54 bits per heavy atom. The average Bonchev–Trinajstić information content (AvgIpc) is 3.07. The van der Waals surface area contributed by atoms with E-state index >= 15 is 0 Å². The molecule has 3 rings (SSSR count). The lowest BCUT2D eigenvalue weighted by atomic mass is 9.80. The van der Waals surface area contributed by atoms with E-state index in [2.05, 4.69) is 0 Å². The summed E-state index contributed by atoms with van der Waals surface area (Å²) in [6, 6.07) is 16.3. The number of methoxy groups -OCH3 is 2. The zero-order chi connectivity index (χ0) is 20.1. The van der Waals surface area contributed by atoms with Crippen LogP contribution >= 0.6 is 0 Å². The molecule has 0 fully saturated rings. The van der Waals surface area contributed by atoms with Crippen LogP contribution < -0.4 is 0 Å². The molecular weight excluding hydrogens is 360 g/mol. The van der Waals surface area contributed by atoms with Crippen LogP contribution in [0.5, 0.6) is 0 Å². The van der Waals surface area contributed by atoms with E-state index in [9.17, 15) is 14.4 Å². The number of esters is 3. The van der Waals surface area contributed by atoms with Crippen molar-refractivity contribution >= 4 is 23.5 Å². The maximum absolute atomic E-state index is 12.7. The van der Waals surface area contributed by atoms with Gasteiger partial charge in [0.25, 0.3) is 0 Å². The topological polar surface area (TPSA) is 78.9 Å². The molecule has 0 bridgehead atoms. The Hall–Kier alpha value is -3.41. The minimum absolute atomic E-state index is 0.0559. The lowest BCUT2D eigenvalue weighted by molar-refractivity contribution is -0.163. The zero-order valence-electron chi connectivity index (χ0n) is 15.6. The average molecular weight is 380 g/mol. The summed E-state index contributed by atoms with van der Waals surface area (Å²) in [5.74, 6) is -2.22. The Kier molecular flexibility index (Phi) is 5.59. The number of hydrogen-bond donors (Lipinski definition) is 0. The number of benzene rings is 2. The Bertz CT molecular complexity index is 913. The molecule has 2 aromatic rings. The van der Waals surface area contributed by atoms with E-state index in [1.807, 2.05) is 30.3 Å². The highest BCUT2D eigenvalue weighted by Crippen LogP contribution is 2.48.